The van der Waals surface area contributed by atoms with Crippen LogP contribution in [-0.2, 0) is 4.43 Å². The van der Waals surface area contributed by atoms with E-state index in [1.807, 2.05) is 0 Å². The zero-order valence-electron chi connectivity index (χ0n) is 15.8. The van der Waals surface area contributed by atoms with Crippen LogP contribution in [0.2, 0.25) is 18.1 Å². The molecule has 2 rings (SSSR count). The van der Waals surface area contributed by atoms with Crippen LogP contribution in [0.1, 0.15) is 46.2 Å². The fourth-order valence-electron chi connectivity index (χ4n) is 2.78. The van der Waals surface area contributed by atoms with E-state index in [9.17, 15) is 0 Å². The first-order chi connectivity index (χ1) is 10.7. The Morgan fingerprint density at radius 3 is 2.35 bits per heavy atom. The standard InChI is InChI=1S/C20H33NOSi/c1-8-12-19(22-23(6,7)20(3,4)5)18-15-21(18)16(2)17-13-10-9-11-14-17/h8-14,16,18-19H,15H2,1-7H3/b12-8+/t16-,18+,19+,21?/m1/s1. The van der Waals surface area contributed by atoms with E-state index in [0.29, 0.717) is 12.1 Å². The Morgan fingerprint density at radius 2 is 1.83 bits per heavy atom. The Hall–Kier alpha value is -0.903. The van der Waals surface area contributed by atoms with Crippen molar-refractivity contribution in [2.24, 2.45) is 0 Å². The van der Waals surface area contributed by atoms with E-state index in [1.165, 1.54) is 5.56 Å². The van der Waals surface area contributed by atoms with Gasteiger partial charge in [-0.2, -0.15) is 0 Å². The molecule has 3 heteroatoms. The minimum absolute atomic E-state index is 0.215. The molecule has 0 amide bonds. The van der Waals surface area contributed by atoms with Gasteiger partial charge in [-0.05, 0) is 37.5 Å². The maximum absolute atomic E-state index is 6.69. The fraction of sp³-hybridized carbons (Fsp3) is 0.600. The minimum atomic E-state index is -1.75. The van der Waals surface area contributed by atoms with Crippen molar-refractivity contribution < 1.29 is 4.43 Å². The highest BCUT2D eigenvalue weighted by Gasteiger charge is 2.47. The third-order valence-electron chi connectivity index (χ3n) is 5.47. The SMILES string of the molecule is C/C=C/[C@H](O[Si](C)(C)C(C)(C)C)[C@@H]1CN1[C@H](C)c1ccccc1. The molecule has 1 saturated heterocycles. The molecule has 1 aromatic carbocycles. The summed E-state index contributed by atoms with van der Waals surface area (Å²) >= 11 is 0. The third kappa shape index (κ3) is 4.34. The van der Waals surface area contributed by atoms with Crippen molar-refractivity contribution in [3.05, 3.63) is 48.0 Å². The lowest BCUT2D eigenvalue weighted by Crippen LogP contribution is -2.45. The second kappa shape index (κ2) is 6.92. The maximum atomic E-state index is 6.69. The van der Waals surface area contributed by atoms with Gasteiger partial charge >= 0.3 is 0 Å². The molecule has 2 nitrogen and oxygen atoms in total. The zero-order valence-corrected chi connectivity index (χ0v) is 16.8. The van der Waals surface area contributed by atoms with Crippen LogP contribution in [0.4, 0.5) is 0 Å². The summed E-state index contributed by atoms with van der Waals surface area (Å²) in [7, 11) is -1.75. The van der Waals surface area contributed by atoms with Crippen LogP contribution in [0.3, 0.4) is 0 Å². The quantitative estimate of drug-likeness (QED) is 0.393. The van der Waals surface area contributed by atoms with Gasteiger partial charge in [0, 0.05) is 12.6 Å². The Morgan fingerprint density at radius 1 is 1.22 bits per heavy atom. The molecular formula is C20H33NOSi. The van der Waals surface area contributed by atoms with E-state index in [1.54, 1.807) is 0 Å². The highest BCUT2D eigenvalue weighted by atomic mass is 28.4. The molecule has 1 unspecified atom stereocenters. The molecule has 1 aliphatic rings. The Bertz CT molecular complexity index is 532. The van der Waals surface area contributed by atoms with Crippen molar-refractivity contribution in [1.82, 2.24) is 4.90 Å². The predicted molar refractivity (Wildman–Crippen MR) is 102 cm³/mol. The second-order valence-corrected chi connectivity index (χ2v) is 13.0. The van der Waals surface area contributed by atoms with Crippen molar-refractivity contribution in [2.75, 3.05) is 6.54 Å². The smallest absolute Gasteiger partial charge is 0.192 e. The number of allylic oxidation sites excluding steroid dienone is 1. The van der Waals surface area contributed by atoms with Gasteiger partial charge in [0.05, 0.1) is 12.1 Å². The van der Waals surface area contributed by atoms with E-state index >= 15 is 0 Å². The average Bonchev–Trinajstić information content (AvgIpc) is 3.26. The van der Waals surface area contributed by atoms with Crippen molar-refractivity contribution in [2.45, 2.75) is 70.9 Å². The highest BCUT2D eigenvalue weighted by molar-refractivity contribution is 6.74. The van der Waals surface area contributed by atoms with Gasteiger partial charge < -0.3 is 4.43 Å². The van der Waals surface area contributed by atoms with Gasteiger partial charge in [0.1, 0.15) is 0 Å². The molecule has 4 atom stereocenters. The monoisotopic (exact) mass is 331 g/mol. The van der Waals surface area contributed by atoms with Crippen LogP contribution in [0, 0.1) is 0 Å². The number of hydrogen-bond acceptors (Lipinski definition) is 2. The van der Waals surface area contributed by atoms with Gasteiger partial charge in [-0.3, -0.25) is 4.90 Å². The molecule has 0 saturated carbocycles. The summed E-state index contributed by atoms with van der Waals surface area (Å²) in [4.78, 5) is 2.55. The first kappa shape index (κ1) is 18.4. The van der Waals surface area contributed by atoms with Gasteiger partial charge in [-0.15, -0.1) is 0 Å². The lowest BCUT2D eigenvalue weighted by molar-refractivity contribution is 0.196. The molecule has 23 heavy (non-hydrogen) atoms. The summed E-state index contributed by atoms with van der Waals surface area (Å²) in [6, 6.07) is 11.7. The molecule has 0 spiro atoms. The molecule has 0 aromatic heterocycles. The van der Waals surface area contributed by atoms with Crippen molar-refractivity contribution in [1.29, 1.82) is 0 Å². The molecular weight excluding hydrogens is 298 g/mol. The molecule has 0 radical (unpaired) electrons. The normalized spacial score (nSPS) is 24.7. The Balaban J connectivity index is 2.07. The summed E-state index contributed by atoms with van der Waals surface area (Å²) in [5, 5.41) is 0.248. The van der Waals surface area contributed by atoms with Crippen LogP contribution in [-0.4, -0.2) is 31.9 Å². The van der Waals surface area contributed by atoms with E-state index in [-0.39, 0.29) is 11.1 Å². The molecule has 0 bridgehead atoms. The first-order valence-electron chi connectivity index (χ1n) is 8.78. The van der Waals surface area contributed by atoms with Crippen molar-refractivity contribution in [3.8, 4) is 0 Å². The summed E-state index contributed by atoms with van der Waals surface area (Å²) in [6.45, 7) is 17.1. The largest absolute Gasteiger partial charge is 0.409 e. The first-order valence-corrected chi connectivity index (χ1v) is 11.7. The molecule has 0 N–H and O–H groups in total. The van der Waals surface area contributed by atoms with Crippen LogP contribution in [0.25, 0.3) is 0 Å². The van der Waals surface area contributed by atoms with E-state index in [0.717, 1.165) is 6.54 Å². The summed E-state index contributed by atoms with van der Waals surface area (Å²) in [5.74, 6) is 0. The van der Waals surface area contributed by atoms with E-state index in [4.69, 9.17) is 4.43 Å². The van der Waals surface area contributed by atoms with Crippen LogP contribution >= 0.6 is 0 Å². The lowest BCUT2D eigenvalue weighted by Gasteiger charge is -2.39. The maximum Gasteiger partial charge on any atom is 0.192 e. The number of rotatable bonds is 6. The van der Waals surface area contributed by atoms with Crippen molar-refractivity contribution >= 4 is 8.32 Å². The lowest BCUT2D eigenvalue weighted by atomic mass is 10.1. The van der Waals surface area contributed by atoms with E-state index < -0.39 is 8.32 Å². The molecule has 1 heterocycles. The second-order valence-electron chi connectivity index (χ2n) is 8.22. The summed E-state index contributed by atoms with van der Waals surface area (Å²) < 4.78 is 6.69. The Kier molecular flexibility index (Phi) is 5.54. The molecule has 1 aromatic rings. The number of hydrogen-bond donors (Lipinski definition) is 0. The number of benzene rings is 1. The van der Waals surface area contributed by atoms with Crippen LogP contribution in [0.15, 0.2) is 42.5 Å². The highest BCUT2D eigenvalue weighted by Crippen LogP contribution is 2.41. The summed E-state index contributed by atoms with van der Waals surface area (Å²) in [5.41, 5.74) is 1.39. The summed E-state index contributed by atoms with van der Waals surface area (Å²) in [6.07, 6.45) is 4.61. The molecule has 0 aliphatic carbocycles. The van der Waals surface area contributed by atoms with Gasteiger partial charge in [-0.25, -0.2) is 0 Å². The van der Waals surface area contributed by atoms with E-state index in [2.05, 4.69) is 95.1 Å². The molecule has 128 valence electrons. The third-order valence-corrected chi connectivity index (χ3v) is 9.94. The van der Waals surface area contributed by atoms with Crippen molar-refractivity contribution in [3.63, 3.8) is 0 Å². The van der Waals surface area contributed by atoms with Crippen LogP contribution < -0.4 is 0 Å². The molecule has 1 fully saturated rings. The Labute approximate surface area is 143 Å². The fourth-order valence-corrected chi connectivity index (χ4v) is 4.05. The van der Waals surface area contributed by atoms with Gasteiger partial charge in [0.2, 0.25) is 0 Å². The minimum Gasteiger partial charge on any atom is -0.409 e. The predicted octanol–water partition coefficient (Wildman–Crippen LogP) is 5.40. The average molecular weight is 332 g/mol. The number of nitrogens with zero attached hydrogens (tertiary/aromatic N) is 1. The van der Waals surface area contributed by atoms with Gasteiger partial charge in [0.25, 0.3) is 0 Å². The zero-order chi connectivity index (χ0) is 17.3. The topological polar surface area (TPSA) is 12.2 Å². The molecule has 1 aliphatic heterocycles. The van der Waals surface area contributed by atoms with Crippen LogP contribution in [0.5, 0.6) is 0 Å². The van der Waals surface area contributed by atoms with Gasteiger partial charge in [0.15, 0.2) is 8.32 Å². The van der Waals surface area contributed by atoms with Gasteiger partial charge in [-0.1, -0.05) is 63.3 Å².